The molecule has 3 heterocycles. The summed E-state index contributed by atoms with van der Waals surface area (Å²) in [6, 6.07) is 1.86. The molecule has 29 heavy (non-hydrogen) atoms. The summed E-state index contributed by atoms with van der Waals surface area (Å²) < 4.78 is 5.38. The molecule has 0 bridgehead atoms. The second-order valence-electron chi connectivity index (χ2n) is 7.11. The molecular weight excluding hydrogens is 483 g/mol. The van der Waals surface area contributed by atoms with Crippen LogP contribution in [0.1, 0.15) is 6.42 Å². The Balaban J connectivity index is 0.00000300. The molecule has 0 radical (unpaired) electrons. The first-order valence-electron chi connectivity index (χ1n) is 10.3. The number of guanidine groups is 1. The Labute approximate surface area is 191 Å². The first-order chi connectivity index (χ1) is 13.8. The highest BCUT2D eigenvalue weighted by Crippen LogP contribution is 2.09. The number of morpholine rings is 1. The van der Waals surface area contributed by atoms with E-state index in [1.165, 1.54) is 0 Å². The lowest BCUT2D eigenvalue weighted by Gasteiger charge is -2.34. The summed E-state index contributed by atoms with van der Waals surface area (Å²) in [6.07, 6.45) is 4.72. The molecule has 1 aromatic heterocycles. The van der Waals surface area contributed by atoms with E-state index in [1.807, 2.05) is 25.5 Å². The monoisotopic (exact) mass is 518 g/mol. The van der Waals surface area contributed by atoms with Crippen molar-refractivity contribution >= 4 is 35.9 Å². The molecule has 0 atom stereocenters. The predicted octanol–water partition coefficient (Wildman–Crippen LogP) is 0.104. The van der Waals surface area contributed by atoms with Crippen LogP contribution in [-0.4, -0.2) is 111 Å². The molecule has 2 saturated heterocycles. The number of aliphatic imine (C=N–C) groups is 1. The molecule has 0 aromatic carbocycles. The van der Waals surface area contributed by atoms with Crippen molar-refractivity contribution in [2.45, 2.75) is 6.42 Å². The molecule has 9 nitrogen and oxygen atoms in total. The molecule has 3 rings (SSSR count). The number of rotatable bonds is 8. The molecule has 0 saturated carbocycles. The zero-order chi connectivity index (χ0) is 19.4. The van der Waals surface area contributed by atoms with Gasteiger partial charge in [-0.25, -0.2) is 9.97 Å². The highest BCUT2D eigenvalue weighted by molar-refractivity contribution is 14.0. The molecule has 2 N–H and O–H groups in total. The van der Waals surface area contributed by atoms with Gasteiger partial charge in [0.05, 0.1) is 13.2 Å². The second-order valence-corrected chi connectivity index (χ2v) is 7.11. The zero-order valence-electron chi connectivity index (χ0n) is 17.4. The SMILES string of the molecule is CN=C(NCCCN1CCN(c2ncccn2)CC1)NCCN1CCOCC1.I. The van der Waals surface area contributed by atoms with Gasteiger partial charge in [-0.15, -0.1) is 24.0 Å². The van der Waals surface area contributed by atoms with Crippen LogP contribution in [0.15, 0.2) is 23.5 Å². The van der Waals surface area contributed by atoms with Gasteiger partial charge in [-0.05, 0) is 19.0 Å². The van der Waals surface area contributed by atoms with Gasteiger partial charge in [-0.1, -0.05) is 0 Å². The molecule has 1 aromatic rings. The average Bonchev–Trinajstić information content (AvgIpc) is 2.77. The molecule has 2 aliphatic rings. The van der Waals surface area contributed by atoms with Crippen molar-refractivity contribution < 1.29 is 4.74 Å². The number of aromatic nitrogens is 2. The predicted molar refractivity (Wildman–Crippen MR) is 127 cm³/mol. The van der Waals surface area contributed by atoms with Gasteiger partial charge in [-0.2, -0.15) is 0 Å². The summed E-state index contributed by atoms with van der Waals surface area (Å²) >= 11 is 0. The molecule has 2 aliphatic heterocycles. The lowest BCUT2D eigenvalue weighted by molar-refractivity contribution is 0.0389. The number of hydrogen-bond donors (Lipinski definition) is 2. The first-order valence-corrected chi connectivity index (χ1v) is 10.3. The van der Waals surface area contributed by atoms with Crippen LogP contribution in [0.5, 0.6) is 0 Å². The molecular formula is C19H35IN8O. The minimum absolute atomic E-state index is 0. The van der Waals surface area contributed by atoms with Crippen LogP contribution < -0.4 is 15.5 Å². The smallest absolute Gasteiger partial charge is 0.225 e. The fraction of sp³-hybridized carbons (Fsp3) is 0.737. The van der Waals surface area contributed by atoms with E-state index in [4.69, 9.17) is 4.74 Å². The molecule has 164 valence electrons. The van der Waals surface area contributed by atoms with Gasteiger partial charge >= 0.3 is 0 Å². The fourth-order valence-corrected chi connectivity index (χ4v) is 3.51. The van der Waals surface area contributed by atoms with Gasteiger partial charge < -0.3 is 20.3 Å². The number of piperazine rings is 1. The Kier molecular flexibility index (Phi) is 11.5. The Morgan fingerprint density at radius 1 is 0.966 bits per heavy atom. The number of ether oxygens (including phenoxy) is 1. The van der Waals surface area contributed by atoms with Gasteiger partial charge in [0.25, 0.3) is 0 Å². The Morgan fingerprint density at radius 2 is 1.62 bits per heavy atom. The van der Waals surface area contributed by atoms with E-state index in [9.17, 15) is 0 Å². The van der Waals surface area contributed by atoms with Crippen molar-refractivity contribution in [1.29, 1.82) is 0 Å². The maximum absolute atomic E-state index is 5.38. The minimum atomic E-state index is 0. The van der Waals surface area contributed by atoms with Crippen LogP contribution >= 0.6 is 24.0 Å². The molecule has 0 spiro atoms. The molecule has 0 amide bonds. The van der Waals surface area contributed by atoms with Crippen LogP contribution in [0.2, 0.25) is 0 Å². The average molecular weight is 518 g/mol. The maximum atomic E-state index is 5.38. The van der Waals surface area contributed by atoms with Crippen LogP contribution in [0.4, 0.5) is 5.95 Å². The maximum Gasteiger partial charge on any atom is 0.225 e. The van der Waals surface area contributed by atoms with Crippen LogP contribution in [0.25, 0.3) is 0 Å². The number of anilines is 1. The van der Waals surface area contributed by atoms with Crippen molar-refractivity contribution in [2.75, 3.05) is 90.6 Å². The van der Waals surface area contributed by atoms with E-state index < -0.39 is 0 Å². The van der Waals surface area contributed by atoms with Crippen molar-refractivity contribution in [3.8, 4) is 0 Å². The van der Waals surface area contributed by atoms with Crippen LogP contribution in [-0.2, 0) is 4.74 Å². The van der Waals surface area contributed by atoms with Crippen molar-refractivity contribution in [3.63, 3.8) is 0 Å². The van der Waals surface area contributed by atoms with Crippen LogP contribution in [0.3, 0.4) is 0 Å². The van der Waals surface area contributed by atoms with Gasteiger partial charge in [0.1, 0.15) is 0 Å². The first kappa shape index (κ1) is 24.0. The van der Waals surface area contributed by atoms with Crippen molar-refractivity contribution in [3.05, 3.63) is 18.5 Å². The number of nitrogens with zero attached hydrogens (tertiary/aromatic N) is 6. The summed E-state index contributed by atoms with van der Waals surface area (Å²) in [6.45, 7) is 11.8. The third-order valence-corrected chi connectivity index (χ3v) is 5.20. The lowest BCUT2D eigenvalue weighted by Crippen LogP contribution is -2.48. The van der Waals surface area contributed by atoms with E-state index in [0.717, 1.165) is 97.0 Å². The van der Waals surface area contributed by atoms with Crippen molar-refractivity contribution in [2.24, 2.45) is 4.99 Å². The third-order valence-electron chi connectivity index (χ3n) is 5.20. The minimum Gasteiger partial charge on any atom is -0.379 e. The molecule has 0 unspecified atom stereocenters. The fourth-order valence-electron chi connectivity index (χ4n) is 3.51. The number of halogens is 1. The number of hydrogen-bond acceptors (Lipinski definition) is 7. The second kappa shape index (κ2) is 13.9. The summed E-state index contributed by atoms with van der Waals surface area (Å²) in [4.78, 5) is 20.2. The standard InChI is InChI=1S/C19H34N8O.HI/c1-20-18(22-7-9-26-14-16-28-17-15-26)21-6-3-8-25-10-12-27(13-11-25)19-23-4-2-5-24-19;/h2,4-5H,3,6-17H2,1H3,(H2,20,21,22);1H. The van der Waals surface area contributed by atoms with Gasteiger partial charge in [0, 0.05) is 78.3 Å². The number of nitrogens with one attached hydrogen (secondary N) is 2. The van der Waals surface area contributed by atoms with Gasteiger partial charge in [0.15, 0.2) is 5.96 Å². The highest BCUT2D eigenvalue weighted by Gasteiger charge is 2.18. The van der Waals surface area contributed by atoms with E-state index in [-0.39, 0.29) is 24.0 Å². The Hall–Kier alpha value is -1.24. The van der Waals surface area contributed by atoms with E-state index in [1.54, 1.807) is 0 Å². The quantitative estimate of drug-likeness (QED) is 0.217. The van der Waals surface area contributed by atoms with Gasteiger partial charge in [-0.3, -0.25) is 14.8 Å². The van der Waals surface area contributed by atoms with Crippen LogP contribution in [0, 0.1) is 0 Å². The van der Waals surface area contributed by atoms with Gasteiger partial charge in [0.2, 0.25) is 5.95 Å². The zero-order valence-corrected chi connectivity index (χ0v) is 19.8. The molecule has 2 fully saturated rings. The van der Waals surface area contributed by atoms with E-state index >= 15 is 0 Å². The summed E-state index contributed by atoms with van der Waals surface area (Å²) in [7, 11) is 1.83. The van der Waals surface area contributed by atoms with E-state index in [2.05, 4.69) is 40.3 Å². The highest BCUT2D eigenvalue weighted by atomic mass is 127. The molecule has 0 aliphatic carbocycles. The largest absolute Gasteiger partial charge is 0.379 e. The summed E-state index contributed by atoms with van der Waals surface area (Å²) in [5, 5.41) is 6.82. The summed E-state index contributed by atoms with van der Waals surface area (Å²) in [5.74, 6) is 1.73. The third kappa shape index (κ3) is 8.57. The Morgan fingerprint density at radius 3 is 2.31 bits per heavy atom. The lowest BCUT2D eigenvalue weighted by atomic mass is 10.3. The Bertz CT molecular complexity index is 577. The summed E-state index contributed by atoms with van der Waals surface area (Å²) in [5.41, 5.74) is 0. The normalized spacial score (nSPS) is 18.9. The van der Waals surface area contributed by atoms with Crippen molar-refractivity contribution in [1.82, 2.24) is 30.4 Å². The topological polar surface area (TPSA) is 81.2 Å². The molecule has 10 heteroatoms. The van der Waals surface area contributed by atoms with E-state index in [0.29, 0.717) is 0 Å².